The molecule has 0 unspecified atom stereocenters. The van der Waals surface area contributed by atoms with Crippen LogP contribution in [0.4, 0.5) is 0 Å². The van der Waals surface area contributed by atoms with Crippen molar-refractivity contribution in [1.82, 2.24) is 14.5 Å². The zero-order valence-electron chi connectivity index (χ0n) is 18.5. The molecule has 2 heterocycles. The van der Waals surface area contributed by atoms with Gasteiger partial charge in [0.1, 0.15) is 11.6 Å². The average molecular weight is 448 g/mol. The van der Waals surface area contributed by atoms with E-state index in [2.05, 4.69) is 18.8 Å². The van der Waals surface area contributed by atoms with Crippen molar-refractivity contribution in [1.29, 1.82) is 0 Å². The molecule has 0 fully saturated rings. The lowest BCUT2D eigenvalue weighted by molar-refractivity contribution is 0.184. The third-order valence-electron chi connectivity index (χ3n) is 5.36. The lowest BCUT2D eigenvalue weighted by atomic mass is 10.1. The fourth-order valence-electron chi connectivity index (χ4n) is 3.63. The third-order valence-corrected chi connectivity index (χ3v) is 5.59. The summed E-state index contributed by atoms with van der Waals surface area (Å²) in [4.78, 5) is 9.33. The fourth-order valence-corrected chi connectivity index (χ4v) is 3.75. The van der Waals surface area contributed by atoms with Gasteiger partial charge in [-0.1, -0.05) is 49.7 Å². The Morgan fingerprint density at radius 1 is 1.00 bits per heavy atom. The van der Waals surface area contributed by atoms with E-state index in [4.69, 9.17) is 26.1 Å². The molecular formula is C26H26ClN3O2. The fraction of sp³-hybridized carbons (Fsp3) is 0.231. The Morgan fingerprint density at radius 2 is 1.81 bits per heavy atom. The van der Waals surface area contributed by atoms with Gasteiger partial charge < -0.3 is 9.47 Å². The van der Waals surface area contributed by atoms with Gasteiger partial charge in [0.05, 0.1) is 29.3 Å². The number of nitrogens with zero attached hydrogens (tertiary/aromatic N) is 3. The first-order valence-electron chi connectivity index (χ1n) is 10.8. The lowest BCUT2D eigenvalue weighted by Crippen LogP contribution is -2.14. The summed E-state index contributed by atoms with van der Waals surface area (Å²) in [6, 6.07) is 17.6. The molecule has 0 aliphatic carbocycles. The van der Waals surface area contributed by atoms with Gasteiger partial charge in [0, 0.05) is 11.8 Å². The van der Waals surface area contributed by atoms with E-state index in [1.807, 2.05) is 71.3 Å². The number of pyridine rings is 1. The maximum absolute atomic E-state index is 6.31. The average Bonchev–Trinajstić information content (AvgIpc) is 3.20. The first-order chi connectivity index (χ1) is 15.6. The number of benzene rings is 2. The molecular weight excluding hydrogens is 422 g/mol. The van der Waals surface area contributed by atoms with Crippen LogP contribution in [0, 0.1) is 0 Å². The molecule has 164 valence electrons. The van der Waals surface area contributed by atoms with Gasteiger partial charge in [0.15, 0.2) is 11.5 Å². The molecule has 0 saturated carbocycles. The maximum atomic E-state index is 6.31. The van der Waals surface area contributed by atoms with Crippen LogP contribution in [-0.4, -0.2) is 27.7 Å². The summed E-state index contributed by atoms with van der Waals surface area (Å²) in [7, 11) is 1.66. The van der Waals surface area contributed by atoms with E-state index in [1.165, 1.54) is 0 Å². The van der Waals surface area contributed by atoms with Crippen LogP contribution < -0.4 is 9.47 Å². The SMILES string of the molecule is CCC(CC)Oc1c(/C=C/c2nc3ccccc3n2-c2ccc(Cl)cn2)cccc1OC. The second kappa shape index (κ2) is 9.88. The van der Waals surface area contributed by atoms with Crippen molar-refractivity contribution in [2.75, 3.05) is 7.11 Å². The molecule has 32 heavy (non-hydrogen) atoms. The van der Waals surface area contributed by atoms with E-state index >= 15 is 0 Å². The zero-order chi connectivity index (χ0) is 22.5. The summed E-state index contributed by atoms with van der Waals surface area (Å²) in [5.74, 6) is 2.97. The van der Waals surface area contributed by atoms with Crippen LogP contribution in [-0.2, 0) is 0 Å². The number of fused-ring (bicyclic) bond motifs is 1. The molecule has 0 saturated heterocycles. The highest BCUT2D eigenvalue weighted by molar-refractivity contribution is 6.30. The summed E-state index contributed by atoms with van der Waals surface area (Å²) >= 11 is 6.06. The molecule has 0 aliphatic rings. The number of para-hydroxylation sites is 3. The van der Waals surface area contributed by atoms with Crippen LogP contribution in [0.3, 0.4) is 0 Å². The maximum Gasteiger partial charge on any atom is 0.168 e. The Morgan fingerprint density at radius 3 is 2.53 bits per heavy atom. The highest BCUT2D eigenvalue weighted by Gasteiger charge is 2.15. The summed E-state index contributed by atoms with van der Waals surface area (Å²) in [5.41, 5.74) is 2.79. The Balaban J connectivity index is 1.80. The van der Waals surface area contributed by atoms with Crippen molar-refractivity contribution in [3.8, 4) is 17.3 Å². The van der Waals surface area contributed by atoms with Gasteiger partial charge >= 0.3 is 0 Å². The smallest absolute Gasteiger partial charge is 0.168 e. The van der Waals surface area contributed by atoms with E-state index in [1.54, 1.807) is 13.3 Å². The zero-order valence-corrected chi connectivity index (χ0v) is 19.2. The Labute approximate surface area is 193 Å². The van der Waals surface area contributed by atoms with E-state index < -0.39 is 0 Å². The minimum atomic E-state index is 0.126. The summed E-state index contributed by atoms with van der Waals surface area (Å²) in [6.07, 6.45) is 7.61. The summed E-state index contributed by atoms with van der Waals surface area (Å²) in [6.45, 7) is 4.25. The second-order valence-electron chi connectivity index (χ2n) is 7.40. The molecule has 2 aromatic heterocycles. The number of aromatic nitrogens is 3. The summed E-state index contributed by atoms with van der Waals surface area (Å²) < 4.78 is 13.9. The minimum Gasteiger partial charge on any atom is -0.493 e. The molecule has 0 N–H and O–H groups in total. The van der Waals surface area contributed by atoms with Crippen molar-refractivity contribution < 1.29 is 9.47 Å². The van der Waals surface area contributed by atoms with Crippen molar-refractivity contribution in [2.45, 2.75) is 32.8 Å². The van der Waals surface area contributed by atoms with Crippen LogP contribution in [0.25, 0.3) is 29.0 Å². The van der Waals surface area contributed by atoms with Gasteiger partial charge in [0.25, 0.3) is 0 Å². The molecule has 0 bridgehead atoms. The first kappa shape index (κ1) is 21.9. The van der Waals surface area contributed by atoms with Crippen LogP contribution in [0.2, 0.25) is 5.02 Å². The van der Waals surface area contributed by atoms with Crippen LogP contribution in [0.15, 0.2) is 60.8 Å². The lowest BCUT2D eigenvalue weighted by Gasteiger charge is -2.19. The van der Waals surface area contributed by atoms with Gasteiger partial charge in [0.2, 0.25) is 0 Å². The largest absolute Gasteiger partial charge is 0.493 e. The number of hydrogen-bond donors (Lipinski definition) is 0. The molecule has 0 atom stereocenters. The Hall–Kier alpha value is -3.31. The van der Waals surface area contributed by atoms with E-state index in [-0.39, 0.29) is 6.10 Å². The van der Waals surface area contributed by atoms with Crippen LogP contribution in [0.1, 0.15) is 38.1 Å². The molecule has 6 heteroatoms. The molecule has 0 amide bonds. The quantitative estimate of drug-likeness (QED) is 0.297. The first-order valence-corrected chi connectivity index (χ1v) is 11.1. The van der Waals surface area contributed by atoms with E-state index in [0.717, 1.165) is 46.8 Å². The number of ether oxygens (including phenoxy) is 2. The van der Waals surface area contributed by atoms with Crippen molar-refractivity contribution in [3.63, 3.8) is 0 Å². The Kier molecular flexibility index (Phi) is 6.76. The number of halogens is 1. The monoisotopic (exact) mass is 447 g/mol. The summed E-state index contributed by atoms with van der Waals surface area (Å²) in [5, 5.41) is 0.592. The van der Waals surface area contributed by atoms with Gasteiger partial charge in [-0.2, -0.15) is 0 Å². The molecule has 0 aliphatic heterocycles. The van der Waals surface area contributed by atoms with E-state index in [0.29, 0.717) is 10.8 Å². The van der Waals surface area contributed by atoms with Crippen molar-refractivity contribution >= 4 is 34.8 Å². The molecule has 5 nitrogen and oxygen atoms in total. The van der Waals surface area contributed by atoms with Crippen LogP contribution in [0.5, 0.6) is 11.5 Å². The van der Waals surface area contributed by atoms with Crippen molar-refractivity contribution in [3.05, 3.63) is 77.2 Å². The molecule has 0 spiro atoms. The Bertz CT molecular complexity index is 1230. The van der Waals surface area contributed by atoms with Crippen LogP contribution >= 0.6 is 11.6 Å². The van der Waals surface area contributed by atoms with Gasteiger partial charge in [-0.05, 0) is 55.3 Å². The minimum absolute atomic E-state index is 0.126. The predicted octanol–water partition coefficient (Wildman–Crippen LogP) is 6.82. The molecule has 4 rings (SSSR count). The number of imidazole rings is 1. The molecule has 4 aromatic rings. The molecule has 2 aromatic carbocycles. The van der Waals surface area contributed by atoms with Gasteiger partial charge in [-0.15, -0.1) is 0 Å². The van der Waals surface area contributed by atoms with Crippen molar-refractivity contribution in [2.24, 2.45) is 0 Å². The van der Waals surface area contributed by atoms with Gasteiger partial charge in [-0.3, -0.25) is 4.57 Å². The molecule has 0 radical (unpaired) electrons. The number of methoxy groups -OCH3 is 1. The van der Waals surface area contributed by atoms with Gasteiger partial charge in [-0.25, -0.2) is 9.97 Å². The predicted molar refractivity (Wildman–Crippen MR) is 131 cm³/mol. The number of rotatable bonds is 8. The van der Waals surface area contributed by atoms with E-state index in [9.17, 15) is 0 Å². The highest BCUT2D eigenvalue weighted by Crippen LogP contribution is 2.34. The second-order valence-corrected chi connectivity index (χ2v) is 7.83. The number of hydrogen-bond acceptors (Lipinski definition) is 4. The standard InChI is InChI=1S/C26H26ClN3O2/c1-4-20(5-2)32-26-18(9-8-12-23(26)31-3)13-15-25-29-21-10-6-7-11-22(21)30(25)24-16-14-19(27)17-28-24/h6-17,20H,4-5H2,1-3H3/b15-13+. The normalized spacial score (nSPS) is 11.5. The topological polar surface area (TPSA) is 49.2 Å². The third kappa shape index (κ3) is 4.48. The highest BCUT2D eigenvalue weighted by atomic mass is 35.5.